The molecule has 2 heterocycles. The zero-order valence-corrected chi connectivity index (χ0v) is 18.9. The standard InChI is InChI=1S/C26H36N2O3/c1-27(2)17-20-7-11-28(12-8-20)18-25(29)19-31-26-6-5-23-15-22(3-4-24(23)16-26)21-9-13-30-14-10-21/h3-6,9,15-16,20,25,29H,7-8,10-14,17-19H2,1-2H3. The van der Waals surface area contributed by atoms with Gasteiger partial charge < -0.3 is 24.4 Å². The van der Waals surface area contributed by atoms with Crippen molar-refractivity contribution in [3.63, 3.8) is 0 Å². The van der Waals surface area contributed by atoms with Crippen molar-refractivity contribution in [1.82, 2.24) is 9.80 Å². The lowest BCUT2D eigenvalue weighted by Crippen LogP contribution is -2.42. The number of hydrogen-bond acceptors (Lipinski definition) is 5. The number of fused-ring (bicyclic) bond motifs is 1. The molecule has 1 saturated heterocycles. The van der Waals surface area contributed by atoms with Crippen LogP contribution in [-0.4, -0.2) is 81.1 Å². The van der Waals surface area contributed by atoms with Gasteiger partial charge in [0.25, 0.3) is 0 Å². The Morgan fingerprint density at radius 3 is 2.65 bits per heavy atom. The lowest BCUT2D eigenvalue weighted by molar-refractivity contribution is 0.0529. The van der Waals surface area contributed by atoms with E-state index in [0.29, 0.717) is 19.8 Å². The van der Waals surface area contributed by atoms with Crippen molar-refractivity contribution in [2.45, 2.75) is 25.4 Å². The quantitative estimate of drug-likeness (QED) is 0.701. The number of ether oxygens (including phenoxy) is 2. The molecule has 5 nitrogen and oxygen atoms in total. The lowest BCUT2D eigenvalue weighted by Gasteiger charge is -2.34. The van der Waals surface area contributed by atoms with E-state index in [-0.39, 0.29) is 0 Å². The molecule has 2 aliphatic heterocycles. The maximum absolute atomic E-state index is 10.5. The van der Waals surface area contributed by atoms with Crippen LogP contribution in [-0.2, 0) is 4.74 Å². The SMILES string of the molecule is CN(C)CC1CCN(CC(O)COc2ccc3cc(C4=CCOCC4)ccc3c2)CC1. The van der Waals surface area contributed by atoms with Gasteiger partial charge in [0.1, 0.15) is 18.5 Å². The van der Waals surface area contributed by atoms with E-state index in [0.717, 1.165) is 49.7 Å². The number of aliphatic hydroxyl groups excluding tert-OH is 1. The molecular weight excluding hydrogens is 388 g/mol. The highest BCUT2D eigenvalue weighted by atomic mass is 16.5. The first kappa shape index (κ1) is 22.3. The third-order valence-electron chi connectivity index (χ3n) is 6.39. The second-order valence-corrected chi connectivity index (χ2v) is 9.25. The Bertz CT molecular complexity index is 887. The van der Waals surface area contributed by atoms with Crippen LogP contribution in [0.2, 0.25) is 0 Å². The Kier molecular flexibility index (Phi) is 7.62. The van der Waals surface area contributed by atoms with Gasteiger partial charge in [-0.1, -0.05) is 24.3 Å². The van der Waals surface area contributed by atoms with Crippen LogP contribution in [0.4, 0.5) is 0 Å². The van der Waals surface area contributed by atoms with Gasteiger partial charge in [-0.15, -0.1) is 0 Å². The second kappa shape index (κ2) is 10.6. The van der Waals surface area contributed by atoms with Crippen LogP contribution in [0.25, 0.3) is 16.3 Å². The fourth-order valence-electron chi connectivity index (χ4n) is 4.71. The molecule has 168 valence electrons. The maximum atomic E-state index is 10.5. The summed E-state index contributed by atoms with van der Waals surface area (Å²) in [5.74, 6) is 1.59. The minimum Gasteiger partial charge on any atom is -0.491 e. The molecular formula is C26H36N2O3. The van der Waals surface area contributed by atoms with Crippen molar-refractivity contribution >= 4 is 16.3 Å². The predicted octanol–water partition coefficient (Wildman–Crippen LogP) is 3.66. The summed E-state index contributed by atoms with van der Waals surface area (Å²) in [5, 5.41) is 12.8. The van der Waals surface area contributed by atoms with E-state index < -0.39 is 6.10 Å². The van der Waals surface area contributed by atoms with Gasteiger partial charge in [-0.2, -0.15) is 0 Å². The van der Waals surface area contributed by atoms with Gasteiger partial charge in [-0.3, -0.25) is 0 Å². The average Bonchev–Trinajstić information content (AvgIpc) is 2.79. The molecule has 2 aromatic rings. The van der Waals surface area contributed by atoms with E-state index in [1.54, 1.807) is 0 Å². The van der Waals surface area contributed by atoms with Crippen LogP contribution in [0.15, 0.2) is 42.5 Å². The summed E-state index contributed by atoms with van der Waals surface area (Å²) in [7, 11) is 4.28. The molecule has 0 radical (unpaired) electrons. The Morgan fingerprint density at radius 2 is 1.90 bits per heavy atom. The summed E-state index contributed by atoms with van der Waals surface area (Å²) >= 11 is 0. The van der Waals surface area contributed by atoms with Crippen molar-refractivity contribution in [2.24, 2.45) is 5.92 Å². The number of β-amino-alcohol motifs (C(OH)–C–C–N with tert-alkyl or cyclic N) is 1. The highest BCUT2D eigenvalue weighted by molar-refractivity contribution is 5.87. The third-order valence-corrected chi connectivity index (χ3v) is 6.39. The van der Waals surface area contributed by atoms with Crippen LogP contribution in [0.5, 0.6) is 5.75 Å². The van der Waals surface area contributed by atoms with E-state index in [9.17, 15) is 5.11 Å². The fourth-order valence-corrected chi connectivity index (χ4v) is 4.71. The van der Waals surface area contributed by atoms with Crippen LogP contribution >= 0.6 is 0 Å². The molecule has 1 N–H and O–H groups in total. The van der Waals surface area contributed by atoms with E-state index in [4.69, 9.17) is 9.47 Å². The minimum atomic E-state index is -0.469. The number of piperidine rings is 1. The normalized spacial score (nSPS) is 19.5. The van der Waals surface area contributed by atoms with Gasteiger partial charge >= 0.3 is 0 Å². The smallest absolute Gasteiger partial charge is 0.120 e. The van der Waals surface area contributed by atoms with Crippen molar-refractivity contribution in [2.75, 3.05) is 60.1 Å². The Morgan fingerprint density at radius 1 is 1.13 bits per heavy atom. The molecule has 2 aromatic carbocycles. The zero-order valence-electron chi connectivity index (χ0n) is 18.9. The summed E-state index contributed by atoms with van der Waals surface area (Å²) in [5.41, 5.74) is 2.64. The minimum absolute atomic E-state index is 0.327. The van der Waals surface area contributed by atoms with Gasteiger partial charge in [0.2, 0.25) is 0 Å². The third kappa shape index (κ3) is 6.30. The van der Waals surface area contributed by atoms with Gasteiger partial charge in [-0.05, 0) is 92.5 Å². The molecule has 0 bridgehead atoms. The predicted molar refractivity (Wildman–Crippen MR) is 127 cm³/mol. The highest BCUT2D eigenvalue weighted by Crippen LogP contribution is 2.27. The van der Waals surface area contributed by atoms with E-state index in [2.05, 4.69) is 60.3 Å². The summed E-state index contributed by atoms with van der Waals surface area (Å²) in [6.07, 6.45) is 5.10. The average molecular weight is 425 g/mol. The van der Waals surface area contributed by atoms with Crippen LogP contribution < -0.4 is 4.74 Å². The first-order valence-corrected chi connectivity index (χ1v) is 11.6. The fraction of sp³-hybridized carbons (Fsp3) is 0.538. The topological polar surface area (TPSA) is 45.2 Å². The van der Waals surface area contributed by atoms with Gasteiger partial charge in [0.15, 0.2) is 0 Å². The van der Waals surface area contributed by atoms with Crippen molar-refractivity contribution < 1.29 is 14.6 Å². The largest absolute Gasteiger partial charge is 0.491 e. The molecule has 0 spiro atoms. The summed E-state index contributed by atoms with van der Waals surface area (Å²) in [4.78, 5) is 4.64. The number of hydrogen-bond donors (Lipinski definition) is 1. The van der Waals surface area contributed by atoms with Gasteiger partial charge in [-0.25, -0.2) is 0 Å². The van der Waals surface area contributed by atoms with E-state index in [1.165, 1.54) is 29.4 Å². The molecule has 31 heavy (non-hydrogen) atoms. The molecule has 1 unspecified atom stereocenters. The van der Waals surface area contributed by atoms with Crippen molar-refractivity contribution in [3.05, 3.63) is 48.0 Å². The first-order chi connectivity index (χ1) is 15.1. The zero-order chi connectivity index (χ0) is 21.6. The van der Waals surface area contributed by atoms with Crippen LogP contribution in [0, 0.1) is 5.92 Å². The van der Waals surface area contributed by atoms with Gasteiger partial charge in [0, 0.05) is 13.1 Å². The van der Waals surface area contributed by atoms with Gasteiger partial charge in [0.05, 0.1) is 13.2 Å². The number of aliphatic hydroxyl groups is 1. The van der Waals surface area contributed by atoms with Crippen LogP contribution in [0.3, 0.4) is 0 Å². The molecule has 0 aromatic heterocycles. The molecule has 2 aliphatic rings. The monoisotopic (exact) mass is 424 g/mol. The van der Waals surface area contributed by atoms with Crippen molar-refractivity contribution in [3.8, 4) is 5.75 Å². The molecule has 1 atom stereocenters. The first-order valence-electron chi connectivity index (χ1n) is 11.6. The Labute approximate surface area is 186 Å². The molecule has 5 heteroatoms. The highest BCUT2D eigenvalue weighted by Gasteiger charge is 2.21. The summed E-state index contributed by atoms with van der Waals surface area (Å²) in [6.45, 7) is 5.81. The number of nitrogens with zero attached hydrogens (tertiary/aromatic N) is 2. The summed E-state index contributed by atoms with van der Waals surface area (Å²) in [6, 6.07) is 12.8. The number of likely N-dealkylation sites (tertiary alicyclic amines) is 1. The molecule has 0 aliphatic carbocycles. The Hall–Kier alpha value is -1.92. The summed E-state index contributed by atoms with van der Waals surface area (Å²) < 4.78 is 11.3. The lowest BCUT2D eigenvalue weighted by atomic mass is 9.96. The molecule has 1 fully saturated rings. The number of rotatable bonds is 8. The van der Waals surface area contributed by atoms with Crippen molar-refractivity contribution in [1.29, 1.82) is 0 Å². The van der Waals surface area contributed by atoms with E-state index in [1.807, 2.05) is 6.07 Å². The molecule has 0 saturated carbocycles. The Balaban J connectivity index is 1.27. The number of benzene rings is 2. The molecule has 0 amide bonds. The second-order valence-electron chi connectivity index (χ2n) is 9.25. The van der Waals surface area contributed by atoms with E-state index >= 15 is 0 Å². The maximum Gasteiger partial charge on any atom is 0.120 e. The van der Waals surface area contributed by atoms with Crippen LogP contribution in [0.1, 0.15) is 24.8 Å². The molecule has 4 rings (SSSR count).